The van der Waals surface area contributed by atoms with Gasteiger partial charge < -0.3 is 5.32 Å². The Morgan fingerprint density at radius 3 is 2.74 bits per heavy atom. The third-order valence-corrected chi connectivity index (χ3v) is 4.02. The predicted octanol–water partition coefficient (Wildman–Crippen LogP) is 4.16. The van der Waals surface area contributed by atoms with Crippen LogP contribution in [0.25, 0.3) is 0 Å². The molecule has 5 heteroatoms. The molecule has 0 radical (unpaired) electrons. The van der Waals surface area contributed by atoms with Gasteiger partial charge in [-0.1, -0.05) is 18.2 Å². The molecule has 0 heterocycles. The Balaban J connectivity index is 1.90. The number of amides is 1. The SMILES string of the molecule is O=C(CSc1ccccc1F)Nc1cccc(I)c1. The maximum atomic E-state index is 13.4. The van der Waals surface area contributed by atoms with Crippen LogP contribution in [-0.2, 0) is 4.79 Å². The predicted molar refractivity (Wildman–Crippen MR) is 84.9 cm³/mol. The molecule has 2 nitrogen and oxygen atoms in total. The third-order valence-electron chi connectivity index (χ3n) is 2.30. The number of thioether (sulfide) groups is 1. The van der Waals surface area contributed by atoms with Gasteiger partial charge >= 0.3 is 0 Å². The Labute approximate surface area is 128 Å². The van der Waals surface area contributed by atoms with Gasteiger partial charge in [0.25, 0.3) is 0 Å². The van der Waals surface area contributed by atoms with Crippen LogP contribution in [0.2, 0.25) is 0 Å². The van der Waals surface area contributed by atoms with Gasteiger partial charge in [-0.2, -0.15) is 0 Å². The molecule has 0 aromatic heterocycles. The summed E-state index contributed by atoms with van der Waals surface area (Å²) in [4.78, 5) is 12.2. The molecule has 0 aliphatic heterocycles. The molecule has 0 aliphatic rings. The van der Waals surface area contributed by atoms with Gasteiger partial charge in [-0.05, 0) is 52.9 Å². The zero-order chi connectivity index (χ0) is 13.7. The lowest BCUT2D eigenvalue weighted by atomic mass is 10.3. The van der Waals surface area contributed by atoms with Crippen LogP contribution in [-0.4, -0.2) is 11.7 Å². The topological polar surface area (TPSA) is 29.1 Å². The van der Waals surface area contributed by atoms with Crippen molar-refractivity contribution < 1.29 is 9.18 Å². The van der Waals surface area contributed by atoms with Gasteiger partial charge in [0.2, 0.25) is 5.91 Å². The summed E-state index contributed by atoms with van der Waals surface area (Å²) in [7, 11) is 0. The highest BCUT2D eigenvalue weighted by atomic mass is 127. The van der Waals surface area contributed by atoms with Gasteiger partial charge in [0.1, 0.15) is 5.82 Å². The van der Waals surface area contributed by atoms with Gasteiger partial charge in [0, 0.05) is 14.2 Å². The average molecular weight is 387 g/mol. The van der Waals surface area contributed by atoms with E-state index in [4.69, 9.17) is 0 Å². The van der Waals surface area contributed by atoms with E-state index in [2.05, 4.69) is 27.9 Å². The largest absolute Gasteiger partial charge is 0.325 e. The first-order valence-electron chi connectivity index (χ1n) is 5.58. The van der Waals surface area contributed by atoms with Crippen LogP contribution >= 0.6 is 34.4 Å². The second-order valence-corrected chi connectivity index (χ2v) is 6.04. The molecule has 0 bridgehead atoms. The van der Waals surface area contributed by atoms with Crippen molar-refractivity contribution in [3.8, 4) is 0 Å². The van der Waals surface area contributed by atoms with E-state index in [1.165, 1.54) is 17.8 Å². The van der Waals surface area contributed by atoms with Crippen LogP contribution in [0.1, 0.15) is 0 Å². The molecule has 2 rings (SSSR count). The van der Waals surface area contributed by atoms with E-state index < -0.39 is 0 Å². The number of benzene rings is 2. The number of carbonyl (C=O) groups is 1. The van der Waals surface area contributed by atoms with Crippen LogP contribution in [0, 0.1) is 9.39 Å². The third kappa shape index (κ3) is 4.50. The standard InChI is InChI=1S/C14H11FINOS/c15-12-6-1-2-7-13(12)19-9-14(18)17-11-5-3-4-10(16)8-11/h1-8H,9H2,(H,17,18). The molecule has 0 saturated heterocycles. The number of halogens is 2. The molecule has 0 aliphatic carbocycles. The Morgan fingerprint density at radius 1 is 1.21 bits per heavy atom. The Bertz CT molecular complexity index is 591. The van der Waals surface area contributed by atoms with Crippen LogP contribution in [0.3, 0.4) is 0 Å². The molecule has 98 valence electrons. The van der Waals surface area contributed by atoms with Crippen molar-refractivity contribution in [1.82, 2.24) is 0 Å². The van der Waals surface area contributed by atoms with E-state index >= 15 is 0 Å². The molecule has 1 N–H and O–H groups in total. The number of carbonyl (C=O) groups excluding carboxylic acids is 1. The monoisotopic (exact) mass is 387 g/mol. The zero-order valence-corrected chi connectivity index (χ0v) is 12.9. The molecule has 0 saturated carbocycles. The van der Waals surface area contributed by atoms with Gasteiger partial charge in [-0.15, -0.1) is 11.8 Å². The maximum Gasteiger partial charge on any atom is 0.234 e. The van der Waals surface area contributed by atoms with Gasteiger partial charge in [0.05, 0.1) is 5.75 Å². The number of hydrogen-bond donors (Lipinski definition) is 1. The highest BCUT2D eigenvalue weighted by molar-refractivity contribution is 14.1. The Morgan fingerprint density at radius 2 is 2.00 bits per heavy atom. The van der Waals surface area contributed by atoms with E-state index in [0.29, 0.717) is 4.90 Å². The van der Waals surface area contributed by atoms with Crippen LogP contribution in [0.15, 0.2) is 53.4 Å². The highest BCUT2D eigenvalue weighted by Gasteiger charge is 2.06. The lowest BCUT2D eigenvalue weighted by molar-refractivity contribution is -0.113. The average Bonchev–Trinajstić information content (AvgIpc) is 2.38. The lowest BCUT2D eigenvalue weighted by Gasteiger charge is -2.06. The highest BCUT2D eigenvalue weighted by Crippen LogP contribution is 2.21. The number of hydrogen-bond acceptors (Lipinski definition) is 2. The van der Waals surface area contributed by atoms with Crippen molar-refractivity contribution in [2.45, 2.75) is 4.90 Å². The van der Waals surface area contributed by atoms with E-state index in [1.54, 1.807) is 18.2 Å². The zero-order valence-electron chi connectivity index (χ0n) is 9.90. The first-order chi connectivity index (χ1) is 9.15. The second kappa shape index (κ2) is 6.91. The summed E-state index contributed by atoms with van der Waals surface area (Å²) >= 11 is 3.37. The van der Waals surface area contributed by atoms with Crippen molar-refractivity contribution >= 4 is 45.9 Å². The smallest absolute Gasteiger partial charge is 0.234 e. The number of rotatable bonds is 4. The van der Waals surface area contributed by atoms with E-state index in [1.807, 2.05) is 24.3 Å². The fourth-order valence-corrected chi connectivity index (χ4v) is 2.75. The van der Waals surface area contributed by atoms with Crippen molar-refractivity contribution in [3.63, 3.8) is 0 Å². The minimum absolute atomic E-state index is 0.143. The van der Waals surface area contributed by atoms with Crippen molar-refractivity contribution in [3.05, 3.63) is 57.9 Å². The quantitative estimate of drug-likeness (QED) is 0.631. The fraction of sp³-hybridized carbons (Fsp3) is 0.0714. The Hall–Kier alpha value is -1.08. The maximum absolute atomic E-state index is 13.4. The van der Waals surface area contributed by atoms with E-state index in [9.17, 15) is 9.18 Å². The molecule has 2 aromatic rings. The van der Waals surface area contributed by atoms with Gasteiger partial charge in [-0.3, -0.25) is 4.79 Å². The van der Waals surface area contributed by atoms with Gasteiger partial charge in [0.15, 0.2) is 0 Å². The van der Waals surface area contributed by atoms with Crippen molar-refractivity contribution in [1.29, 1.82) is 0 Å². The first kappa shape index (κ1) is 14.3. The molecule has 0 atom stereocenters. The molecular weight excluding hydrogens is 376 g/mol. The van der Waals surface area contributed by atoms with E-state index in [-0.39, 0.29) is 17.5 Å². The summed E-state index contributed by atoms with van der Waals surface area (Å²) in [6, 6.07) is 14.0. The van der Waals surface area contributed by atoms with Crippen molar-refractivity contribution in [2.24, 2.45) is 0 Å². The molecule has 1 amide bonds. The molecule has 0 unspecified atom stereocenters. The number of nitrogens with one attached hydrogen (secondary N) is 1. The van der Waals surface area contributed by atoms with Crippen LogP contribution in [0.4, 0.5) is 10.1 Å². The molecule has 2 aromatic carbocycles. The minimum Gasteiger partial charge on any atom is -0.325 e. The molecule has 0 fully saturated rings. The number of anilines is 1. The molecular formula is C14H11FINOS. The van der Waals surface area contributed by atoms with Crippen LogP contribution < -0.4 is 5.32 Å². The first-order valence-corrected chi connectivity index (χ1v) is 7.64. The fourth-order valence-electron chi connectivity index (χ4n) is 1.47. The normalized spacial score (nSPS) is 10.2. The lowest BCUT2D eigenvalue weighted by Crippen LogP contribution is -2.14. The molecule has 19 heavy (non-hydrogen) atoms. The summed E-state index contributed by atoms with van der Waals surface area (Å²) in [6.45, 7) is 0. The summed E-state index contributed by atoms with van der Waals surface area (Å²) in [5.74, 6) is -0.253. The molecule has 0 spiro atoms. The van der Waals surface area contributed by atoms with E-state index in [0.717, 1.165) is 9.26 Å². The van der Waals surface area contributed by atoms with Gasteiger partial charge in [-0.25, -0.2) is 4.39 Å². The van der Waals surface area contributed by atoms with Crippen LogP contribution in [0.5, 0.6) is 0 Å². The summed E-state index contributed by atoms with van der Waals surface area (Å²) in [5.41, 5.74) is 0.756. The second-order valence-electron chi connectivity index (χ2n) is 3.78. The summed E-state index contributed by atoms with van der Waals surface area (Å²) < 4.78 is 14.4. The van der Waals surface area contributed by atoms with Crippen molar-refractivity contribution in [2.75, 3.05) is 11.1 Å². The Kier molecular flexibility index (Phi) is 5.21. The summed E-state index contributed by atoms with van der Waals surface area (Å²) in [5, 5.41) is 2.79. The summed E-state index contributed by atoms with van der Waals surface area (Å²) in [6.07, 6.45) is 0. The minimum atomic E-state index is -0.297.